The maximum absolute atomic E-state index is 14.6. The summed E-state index contributed by atoms with van der Waals surface area (Å²) >= 11 is 0. The van der Waals surface area contributed by atoms with Crippen LogP contribution in [-0.4, -0.2) is 41.6 Å². The van der Waals surface area contributed by atoms with Crippen LogP contribution in [0.1, 0.15) is 28.8 Å². The first kappa shape index (κ1) is 20.6. The molecule has 29 heavy (non-hydrogen) atoms. The highest BCUT2D eigenvalue weighted by atomic mass is 19.4. The van der Waals surface area contributed by atoms with Crippen molar-refractivity contribution in [2.45, 2.75) is 19.0 Å². The van der Waals surface area contributed by atoms with Gasteiger partial charge in [-0.1, -0.05) is 6.07 Å². The molecule has 0 spiro atoms. The lowest BCUT2D eigenvalue weighted by Crippen LogP contribution is -2.28. The second-order valence-electron chi connectivity index (χ2n) is 6.59. The summed E-state index contributed by atoms with van der Waals surface area (Å²) in [6.45, 7) is 0.286. The number of rotatable bonds is 5. The molecule has 1 saturated heterocycles. The monoisotopic (exact) mass is 411 g/mol. The van der Waals surface area contributed by atoms with Gasteiger partial charge in [-0.2, -0.15) is 13.2 Å². The van der Waals surface area contributed by atoms with Crippen molar-refractivity contribution in [3.63, 3.8) is 0 Å². The van der Waals surface area contributed by atoms with Crippen molar-refractivity contribution in [1.82, 2.24) is 4.90 Å². The van der Waals surface area contributed by atoms with Gasteiger partial charge in [-0.15, -0.1) is 0 Å². The molecule has 9 heteroatoms. The largest absolute Gasteiger partial charge is 0.481 e. The molecule has 0 saturated carbocycles. The number of ether oxygens (including phenoxy) is 1. The number of nitrogens with zero attached hydrogens (tertiary/aromatic N) is 1. The average molecular weight is 411 g/mol. The number of benzene rings is 2. The fourth-order valence-electron chi connectivity index (χ4n) is 3.14. The van der Waals surface area contributed by atoms with E-state index in [0.717, 1.165) is 37.1 Å². The van der Waals surface area contributed by atoms with E-state index in [1.807, 2.05) is 0 Å². The van der Waals surface area contributed by atoms with Crippen molar-refractivity contribution >= 4 is 11.9 Å². The van der Waals surface area contributed by atoms with Gasteiger partial charge in [0.25, 0.3) is 5.91 Å². The Bertz CT molecular complexity index is 937. The van der Waals surface area contributed by atoms with Gasteiger partial charge in [0.05, 0.1) is 11.1 Å². The van der Waals surface area contributed by atoms with E-state index in [4.69, 9.17) is 9.84 Å². The zero-order valence-electron chi connectivity index (χ0n) is 15.1. The predicted octanol–water partition coefficient (Wildman–Crippen LogP) is 4.21. The minimum atomic E-state index is -4.65. The highest BCUT2D eigenvalue weighted by Crippen LogP contribution is 2.38. The second kappa shape index (κ2) is 8.10. The molecule has 1 aliphatic heterocycles. The molecule has 2 aromatic carbocycles. The number of carboxylic acids is 1. The van der Waals surface area contributed by atoms with Gasteiger partial charge in [0.15, 0.2) is 6.61 Å². The van der Waals surface area contributed by atoms with E-state index in [1.54, 1.807) is 0 Å². The number of aliphatic carboxylic acids is 1. The van der Waals surface area contributed by atoms with Gasteiger partial charge in [0.2, 0.25) is 0 Å². The quantitative estimate of drug-likeness (QED) is 0.749. The van der Waals surface area contributed by atoms with Crippen LogP contribution in [0, 0.1) is 5.82 Å². The van der Waals surface area contributed by atoms with Crippen molar-refractivity contribution in [2.75, 3.05) is 19.7 Å². The van der Waals surface area contributed by atoms with E-state index in [0.29, 0.717) is 13.1 Å². The summed E-state index contributed by atoms with van der Waals surface area (Å²) < 4.78 is 58.9. The predicted molar refractivity (Wildman–Crippen MR) is 95.1 cm³/mol. The van der Waals surface area contributed by atoms with E-state index in [2.05, 4.69) is 0 Å². The lowest BCUT2D eigenvalue weighted by atomic mass is 9.99. The molecule has 0 aromatic heterocycles. The molecule has 2 aromatic rings. The first-order valence-electron chi connectivity index (χ1n) is 8.82. The first-order valence-corrected chi connectivity index (χ1v) is 8.82. The Morgan fingerprint density at radius 2 is 1.76 bits per heavy atom. The van der Waals surface area contributed by atoms with Gasteiger partial charge >= 0.3 is 12.1 Å². The molecule has 1 N–H and O–H groups in total. The highest BCUT2D eigenvalue weighted by Gasteiger charge is 2.31. The minimum absolute atomic E-state index is 0.0342. The number of carbonyl (C=O) groups excluding carboxylic acids is 1. The fraction of sp³-hybridized carbons (Fsp3) is 0.300. The summed E-state index contributed by atoms with van der Waals surface area (Å²) in [4.78, 5) is 24.6. The van der Waals surface area contributed by atoms with Crippen LogP contribution in [0.5, 0.6) is 5.75 Å². The number of amides is 1. The van der Waals surface area contributed by atoms with Crippen molar-refractivity contribution in [2.24, 2.45) is 0 Å². The van der Waals surface area contributed by atoms with Crippen LogP contribution in [0.25, 0.3) is 11.1 Å². The van der Waals surface area contributed by atoms with Crippen LogP contribution in [0.3, 0.4) is 0 Å². The summed E-state index contributed by atoms with van der Waals surface area (Å²) in [7, 11) is 0. The lowest BCUT2D eigenvalue weighted by molar-refractivity contribution is -0.140. The van der Waals surface area contributed by atoms with Crippen LogP contribution < -0.4 is 4.74 Å². The fourth-order valence-corrected chi connectivity index (χ4v) is 3.14. The SMILES string of the molecule is O=C(O)COc1ccc(C(F)(F)F)cc1-c1ccc(C(=O)N2CCCC2)c(F)c1. The summed E-state index contributed by atoms with van der Waals surface area (Å²) in [6.07, 6.45) is -2.98. The third-order valence-electron chi connectivity index (χ3n) is 4.56. The Balaban J connectivity index is 2.00. The molecule has 1 heterocycles. The zero-order chi connectivity index (χ0) is 21.2. The summed E-state index contributed by atoms with van der Waals surface area (Å²) in [6, 6.07) is 5.98. The Morgan fingerprint density at radius 3 is 2.34 bits per heavy atom. The molecule has 5 nitrogen and oxygen atoms in total. The third kappa shape index (κ3) is 4.67. The normalized spacial score (nSPS) is 14.1. The minimum Gasteiger partial charge on any atom is -0.481 e. The molecule has 1 aliphatic rings. The molecule has 0 bridgehead atoms. The molecule has 0 aliphatic carbocycles. The van der Waals surface area contributed by atoms with Crippen LogP contribution in [0.4, 0.5) is 17.6 Å². The standard InChI is InChI=1S/C20H17F4NO4/c21-16-9-12(3-5-14(16)19(28)25-7-1-2-8-25)15-10-13(20(22,23)24)4-6-17(15)29-11-18(26)27/h3-6,9-10H,1-2,7-8,11H2,(H,26,27). The zero-order valence-corrected chi connectivity index (χ0v) is 15.1. The molecule has 3 rings (SSSR count). The van der Waals surface area contributed by atoms with Gasteiger partial charge in [0, 0.05) is 18.7 Å². The summed E-state index contributed by atoms with van der Waals surface area (Å²) in [5, 5.41) is 8.76. The molecule has 0 unspecified atom stereocenters. The van der Waals surface area contributed by atoms with E-state index in [9.17, 15) is 27.2 Å². The van der Waals surface area contributed by atoms with E-state index < -0.39 is 36.0 Å². The average Bonchev–Trinajstić information content (AvgIpc) is 3.19. The Morgan fingerprint density at radius 1 is 1.07 bits per heavy atom. The Labute approximate surface area is 163 Å². The first-order chi connectivity index (χ1) is 13.7. The van der Waals surface area contributed by atoms with Gasteiger partial charge in [0.1, 0.15) is 11.6 Å². The smallest absolute Gasteiger partial charge is 0.416 e. The Hall–Kier alpha value is -3.10. The van der Waals surface area contributed by atoms with E-state index in [1.165, 1.54) is 17.0 Å². The molecule has 0 radical (unpaired) electrons. The molecule has 1 fully saturated rings. The van der Waals surface area contributed by atoms with Gasteiger partial charge in [-0.25, -0.2) is 9.18 Å². The second-order valence-corrected chi connectivity index (χ2v) is 6.59. The number of hydrogen-bond acceptors (Lipinski definition) is 3. The molecular formula is C20H17F4NO4. The Kier molecular flexibility index (Phi) is 5.76. The maximum Gasteiger partial charge on any atom is 0.416 e. The van der Waals surface area contributed by atoms with Gasteiger partial charge in [-0.05, 0) is 48.7 Å². The van der Waals surface area contributed by atoms with E-state index >= 15 is 0 Å². The summed E-state index contributed by atoms with van der Waals surface area (Å²) in [5.41, 5.74) is -1.25. The summed E-state index contributed by atoms with van der Waals surface area (Å²) in [5.74, 6) is -2.80. The van der Waals surface area contributed by atoms with Crippen LogP contribution in [-0.2, 0) is 11.0 Å². The lowest BCUT2D eigenvalue weighted by Gasteiger charge is -2.17. The topological polar surface area (TPSA) is 66.8 Å². The third-order valence-corrected chi connectivity index (χ3v) is 4.56. The number of carboxylic acid groups (broad SMARTS) is 1. The van der Waals surface area contributed by atoms with Crippen molar-refractivity contribution in [3.8, 4) is 16.9 Å². The molecule has 154 valence electrons. The van der Waals surface area contributed by atoms with Crippen LogP contribution in [0.15, 0.2) is 36.4 Å². The van der Waals surface area contributed by atoms with Crippen molar-refractivity contribution in [3.05, 3.63) is 53.3 Å². The van der Waals surface area contributed by atoms with Crippen LogP contribution >= 0.6 is 0 Å². The number of hydrogen-bond donors (Lipinski definition) is 1. The van der Waals surface area contributed by atoms with Crippen LogP contribution in [0.2, 0.25) is 0 Å². The molecule has 0 atom stereocenters. The number of carbonyl (C=O) groups is 2. The van der Waals surface area contributed by atoms with Crippen molar-refractivity contribution in [1.29, 1.82) is 0 Å². The molecular weight excluding hydrogens is 394 g/mol. The van der Waals surface area contributed by atoms with Crippen molar-refractivity contribution < 1.29 is 37.0 Å². The van der Waals surface area contributed by atoms with E-state index in [-0.39, 0.29) is 22.4 Å². The number of alkyl halides is 3. The van der Waals surface area contributed by atoms with Gasteiger partial charge in [-0.3, -0.25) is 4.79 Å². The number of likely N-dealkylation sites (tertiary alicyclic amines) is 1. The highest BCUT2D eigenvalue weighted by molar-refractivity contribution is 5.95. The molecule has 1 amide bonds. The number of halogens is 4. The maximum atomic E-state index is 14.6. The van der Waals surface area contributed by atoms with Gasteiger partial charge < -0.3 is 14.7 Å².